The van der Waals surface area contributed by atoms with Crippen LogP contribution in [0.1, 0.15) is 52.8 Å². The van der Waals surface area contributed by atoms with Crippen molar-refractivity contribution in [3.63, 3.8) is 0 Å². The molecular weight excluding hydrogens is 426 g/mol. The first-order valence-corrected chi connectivity index (χ1v) is 12.5. The number of hydrogen-bond donors (Lipinski definition) is 2. The third-order valence-corrected chi connectivity index (χ3v) is 6.63. The highest BCUT2D eigenvalue weighted by Gasteiger charge is 2.20. The smallest absolute Gasteiger partial charge is 0.255 e. The highest BCUT2D eigenvalue weighted by atomic mass is 32.2. The monoisotopic (exact) mass is 455 g/mol. The van der Waals surface area contributed by atoms with Crippen LogP contribution in [-0.4, -0.2) is 39.1 Å². The third-order valence-electron chi connectivity index (χ3n) is 5.47. The first-order chi connectivity index (χ1) is 15.3. The van der Waals surface area contributed by atoms with Crippen molar-refractivity contribution in [3.05, 3.63) is 72.3 Å². The van der Waals surface area contributed by atoms with Crippen molar-refractivity contribution in [2.75, 3.05) is 22.4 Å². The molecule has 0 aliphatic heterocycles. The third kappa shape index (κ3) is 5.97. The number of amides is 2. The lowest BCUT2D eigenvalue weighted by Gasteiger charge is -2.23. The number of carbonyl (C=O) groups is 2. The minimum atomic E-state index is -3.47. The van der Waals surface area contributed by atoms with Gasteiger partial charge >= 0.3 is 0 Å². The zero-order valence-electron chi connectivity index (χ0n) is 18.2. The lowest BCUT2D eigenvalue weighted by atomic mass is 9.95. The summed E-state index contributed by atoms with van der Waals surface area (Å²) < 4.78 is 25.2. The maximum absolute atomic E-state index is 12.8. The number of nitrogens with zero attached hydrogens (tertiary/aromatic N) is 1. The maximum Gasteiger partial charge on any atom is 0.255 e. The molecule has 32 heavy (non-hydrogen) atoms. The van der Waals surface area contributed by atoms with Crippen LogP contribution in [0.4, 0.5) is 11.4 Å². The van der Waals surface area contributed by atoms with Crippen LogP contribution < -0.4 is 14.9 Å². The molecule has 0 aromatic heterocycles. The Morgan fingerprint density at radius 3 is 2.31 bits per heavy atom. The fraction of sp³-hybridized carbons (Fsp3) is 0.333. The molecule has 2 N–H and O–H groups in total. The van der Waals surface area contributed by atoms with E-state index in [4.69, 9.17) is 0 Å². The Morgan fingerprint density at radius 1 is 1.03 bits per heavy atom. The Labute approximate surface area is 189 Å². The van der Waals surface area contributed by atoms with Gasteiger partial charge in [-0.25, -0.2) is 8.42 Å². The van der Waals surface area contributed by atoms with Gasteiger partial charge in [0.2, 0.25) is 10.0 Å². The van der Waals surface area contributed by atoms with E-state index in [1.807, 2.05) is 0 Å². The SMILES string of the molecule is C=CCN(c1ccc(C(=O)Nc2ccccc2C(=O)NC2CCCCC2)cc1)S(C)(=O)=O. The summed E-state index contributed by atoms with van der Waals surface area (Å²) >= 11 is 0. The highest BCUT2D eigenvalue weighted by Crippen LogP contribution is 2.22. The molecule has 1 saturated carbocycles. The van der Waals surface area contributed by atoms with Crippen LogP contribution in [-0.2, 0) is 10.0 Å². The van der Waals surface area contributed by atoms with Gasteiger partial charge in [-0.1, -0.05) is 37.5 Å². The fourth-order valence-corrected chi connectivity index (χ4v) is 4.70. The topological polar surface area (TPSA) is 95.6 Å². The van der Waals surface area contributed by atoms with Gasteiger partial charge in [0.25, 0.3) is 11.8 Å². The number of nitrogens with one attached hydrogen (secondary N) is 2. The predicted octanol–water partition coefficient (Wildman–Crippen LogP) is 3.95. The van der Waals surface area contributed by atoms with Crippen molar-refractivity contribution >= 4 is 33.2 Å². The van der Waals surface area contributed by atoms with E-state index < -0.39 is 10.0 Å². The average molecular weight is 456 g/mol. The van der Waals surface area contributed by atoms with Gasteiger partial charge in [-0.2, -0.15) is 0 Å². The van der Waals surface area contributed by atoms with Gasteiger partial charge in [0.05, 0.1) is 29.7 Å². The molecule has 0 radical (unpaired) electrons. The van der Waals surface area contributed by atoms with Gasteiger partial charge in [0, 0.05) is 11.6 Å². The summed E-state index contributed by atoms with van der Waals surface area (Å²) in [4.78, 5) is 25.6. The van der Waals surface area contributed by atoms with Crippen LogP contribution in [0.3, 0.4) is 0 Å². The van der Waals surface area contributed by atoms with Crippen molar-refractivity contribution < 1.29 is 18.0 Å². The molecule has 0 saturated heterocycles. The summed E-state index contributed by atoms with van der Waals surface area (Å²) in [6, 6.07) is 13.3. The molecule has 2 aromatic rings. The lowest BCUT2D eigenvalue weighted by molar-refractivity contribution is 0.0928. The summed E-state index contributed by atoms with van der Waals surface area (Å²) in [6.07, 6.45) is 7.99. The predicted molar refractivity (Wildman–Crippen MR) is 128 cm³/mol. The van der Waals surface area contributed by atoms with E-state index in [2.05, 4.69) is 17.2 Å². The van der Waals surface area contributed by atoms with Gasteiger partial charge in [-0.05, 0) is 49.2 Å². The van der Waals surface area contributed by atoms with E-state index in [1.165, 1.54) is 16.8 Å². The van der Waals surface area contributed by atoms with E-state index in [-0.39, 0.29) is 24.4 Å². The number of carbonyl (C=O) groups excluding carboxylic acids is 2. The van der Waals surface area contributed by atoms with Gasteiger partial charge in [-0.3, -0.25) is 13.9 Å². The Morgan fingerprint density at radius 2 is 1.69 bits per heavy atom. The van der Waals surface area contributed by atoms with Crippen molar-refractivity contribution in [2.45, 2.75) is 38.1 Å². The molecule has 1 aliphatic rings. The molecule has 2 aromatic carbocycles. The number of para-hydroxylation sites is 1. The van der Waals surface area contributed by atoms with E-state index in [0.717, 1.165) is 31.9 Å². The molecule has 3 rings (SSSR count). The average Bonchev–Trinajstić information content (AvgIpc) is 2.78. The fourth-order valence-electron chi connectivity index (χ4n) is 3.82. The number of rotatable bonds is 8. The summed E-state index contributed by atoms with van der Waals surface area (Å²) in [5, 5.41) is 5.88. The minimum absolute atomic E-state index is 0.133. The summed E-state index contributed by atoms with van der Waals surface area (Å²) in [7, 11) is -3.47. The second-order valence-electron chi connectivity index (χ2n) is 7.94. The molecule has 0 heterocycles. The van der Waals surface area contributed by atoms with Crippen molar-refractivity contribution in [1.82, 2.24) is 5.32 Å². The molecule has 0 spiro atoms. The standard InChI is InChI=1S/C24H29N3O4S/c1-3-17-27(32(2,30)31)20-15-13-18(14-16-20)23(28)26-22-12-8-7-11-21(22)24(29)25-19-9-5-4-6-10-19/h3,7-8,11-16,19H,1,4-6,9-10,17H2,2H3,(H,25,29)(H,26,28). The molecule has 7 nitrogen and oxygen atoms in total. The van der Waals surface area contributed by atoms with Crippen LogP contribution in [0, 0.1) is 0 Å². The van der Waals surface area contributed by atoms with Crippen LogP contribution in [0.25, 0.3) is 0 Å². The Hall–Kier alpha value is -3.13. The number of sulfonamides is 1. The quantitative estimate of drug-likeness (QED) is 0.589. The van der Waals surface area contributed by atoms with Gasteiger partial charge in [0.1, 0.15) is 0 Å². The molecule has 0 atom stereocenters. The highest BCUT2D eigenvalue weighted by molar-refractivity contribution is 7.92. The van der Waals surface area contributed by atoms with Crippen molar-refractivity contribution in [2.24, 2.45) is 0 Å². The second kappa shape index (κ2) is 10.5. The Bertz CT molecular complexity index is 1070. The molecule has 0 unspecified atom stereocenters. The molecule has 0 bridgehead atoms. The molecule has 170 valence electrons. The van der Waals surface area contributed by atoms with E-state index >= 15 is 0 Å². The second-order valence-corrected chi connectivity index (χ2v) is 9.84. The minimum Gasteiger partial charge on any atom is -0.349 e. The number of hydrogen-bond acceptors (Lipinski definition) is 4. The van der Waals surface area contributed by atoms with E-state index in [0.29, 0.717) is 22.5 Å². The lowest BCUT2D eigenvalue weighted by Crippen LogP contribution is -2.36. The van der Waals surface area contributed by atoms with Crippen molar-refractivity contribution in [3.8, 4) is 0 Å². The molecule has 1 fully saturated rings. The number of benzene rings is 2. The molecule has 2 amide bonds. The largest absolute Gasteiger partial charge is 0.349 e. The van der Waals surface area contributed by atoms with E-state index in [9.17, 15) is 18.0 Å². The summed E-state index contributed by atoms with van der Waals surface area (Å²) in [5.41, 5.74) is 1.64. The first-order valence-electron chi connectivity index (χ1n) is 10.7. The zero-order valence-corrected chi connectivity index (χ0v) is 19.0. The summed E-state index contributed by atoms with van der Waals surface area (Å²) in [5.74, 6) is -0.583. The van der Waals surface area contributed by atoms with Crippen LogP contribution in [0.2, 0.25) is 0 Å². The van der Waals surface area contributed by atoms with Crippen LogP contribution >= 0.6 is 0 Å². The van der Waals surface area contributed by atoms with Crippen LogP contribution in [0.15, 0.2) is 61.2 Å². The first kappa shape index (κ1) is 23.5. The van der Waals surface area contributed by atoms with E-state index in [1.54, 1.807) is 48.5 Å². The molecule has 1 aliphatic carbocycles. The van der Waals surface area contributed by atoms with Crippen molar-refractivity contribution in [1.29, 1.82) is 0 Å². The Kier molecular flexibility index (Phi) is 7.69. The molecule has 8 heteroatoms. The van der Waals surface area contributed by atoms with Gasteiger partial charge in [-0.15, -0.1) is 6.58 Å². The normalized spacial score (nSPS) is 14.4. The summed E-state index contributed by atoms with van der Waals surface area (Å²) in [6.45, 7) is 3.72. The number of anilines is 2. The zero-order chi connectivity index (χ0) is 23.1. The van der Waals surface area contributed by atoms with Gasteiger partial charge in [0.15, 0.2) is 0 Å². The van der Waals surface area contributed by atoms with Gasteiger partial charge < -0.3 is 10.6 Å². The molecular formula is C24H29N3O4S. The maximum atomic E-state index is 12.8. The Balaban J connectivity index is 1.73. The van der Waals surface area contributed by atoms with Crippen LogP contribution in [0.5, 0.6) is 0 Å².